The minimum atomic E-state index is -0.993. The topological polar surface area (TPSA) is 108 Å². The molecule has 0 aromatic heterocycles. The second kappa shape index (κ2) is 5.96. The Balaban J connectivity index is 1.90. The van der Waals surface area contributed by atoms with Crippen LogP contribution in [0, 0.1) is 0 Å². The molecule has 1 aliphatic heterocycles. The maximum absolute atomic E-state index is 11.8. The fourth-order valence-corrected chi connectivity index (χ4v) is 1.69. The number of hydrogen-bond acceptors (Lipinski definition) is 4. The highest BCUT2D eigenvalue weighted by atomic mass is 16.4. The number of carboxylic acids is 1. The van der Waals surface area contributed by atoms with E-state index in [-0.39, 0.29) is 36.1 Å². The molecule has 1 aliphatic rings. The van der Waals surface area contributed by atoms with Gasteiger partial charge in [0.1, 0.15) is 5.71 Å². The summed E-state index contributed by atoms with van der Waals surface area (Å²) >= 11 is 0. The molecule has 0 unspecified atom stereocenters. The molecule has 104 valence electrons. The van der Waals surface area contributed by atoms with Crippen molar-refractivity contribution in [3.05, 3.63) is 35.4 Å². The highest BCUT2D eigenvalue weighted by molar-refractivity contribution is 6.39. The molecule has 0 saturated carbocycles. The molecule has 0 radical (unpaired) electrons. The molecule has 1 heterocycles. The first-order chi connectivity index (χ1) is 9.56. The van der Waals surface area contributed by atoms with Gasteiger partial charge in [-0.3, -0.25) is 9.59 Å². The monoisotopic (exact) mass is 275 g/mol. The van der Waals surface area contributed by atoms with Gasteiger partial charge >= 0.3 is 5.97 Å². The summed E-state index contributed by atoms with van der Waals surface area (Å²) in [5.74, 6) is -1.54. The van der Waals surface area contributed by atoms with Crippen molar-refractivity contribution in [1.29, 1.82) is 0 Å². The zero-order valence-electron chi connectivity index (χ0n) is 10.5. The van der Waals surface area contributed by atoms with Gasteiger partial charge in [-0.2, -0.15) is 5.10 Å². The van der Waals surface area contributed by atoms with Gasteiger partial charge in [-0.25, -0.2) is 10.2 Å². The first-order valence-corrected chi connectivity index (χ1v) is 6.02. The lowest BCUT2D eigenvalue weighted by molar-refractivity contribution is -0.121. The fourth-order valence-electron chi connectivity index (χ4n) is 1.69. The third kappa shape index (κ3) is 3.41. The quantitative estimate of drug-likeness (QED) is 0.732. The highest BCUT2D eigenvalue weighted by Gasteiger charge is 2.17. The van der Waals surface area contributed by atoms with E-state index in [1.807, 2.05) is 0 Å². The molecule has 0 saturated heterocycles. The number of hydrogen-bond donors (Lipinski definition) is 3. The minimum absolute atomic E-state index is 0.194. The van der Waals surface area contributed by atoms with Crippen LogP contribution in [-0.2, 0) is 16.1 Å². The van der Waals surface area contributed by atoms with Gasteiger partial charge in [-0.1, -0.05) is 12.1 Å². The molecule has 7 heteroatoms. The standard InChI is InChI=1S/C13H13N3O4/c17-11-6-5-10(15-16-11)12(18)14-7-8-1-3-9(4-2-8)13(19)20/h1-4H,5-7H2,(H,14,18)(H,16,17)(H,19,20). The van der Waals surface area contributed by atoms with Crippen molar-refractivity contribution < 1.29 is 19.5 Å². The number of aromatic carboxylic acids is 1. The molecule has 2 rings (SSSR count). The number of carboxylic acid groups (broad SMARTS) is 1. The van der Waals surface area contributed by atoms with Gasteiger partial charge in [0, 0.05) is 19.4 Å². The molecule has 1 aromatic rings. The maximum Gasteiger partial charge on any atom is 0.335 e. The van der Waals surface area contributed by atoms with Crippen molar-refractivity contribution in [2.24, 2.45) is 5.10 Å². The summed E-state index contributed by atoms with van der Waals surface area (Å²) < 4.78 is 0. The Labute approximate surface area is 114 Å². The van der Waals surface area contributed by atoms with Gasteiger partial charge in [0.25, 0.3) is 5.91 Å². The van der Waals surface area contributed by atoms with E-state index in [1.54, 1.807) is 12.1 Å². The Morgan fingerprint density at radius 3 is 2.50 bits per heavy atom. The van der Waals surface area contributed by atoms with Crippen LogP contribution in [-0.4, -0.2) is 28.6 Å². The van der Waals surface area contributed by atoms with Gasteiger partial charge in [0.15, 0.2) is 0 Å². The number of nitrogens with zero attached hydrogens (tertiary/aromatic N) is 1. The van der Waals surface area contributed by atoms with Crippen LogP contribution >= 0.6 is 0 Å². The number of rotatable bonds is 4. The molecule has 1 aromatic carbocycles. The van der Waals surface area contributed by atoms with Crippen molar-refractivity contribution >= 4 is 23.5 Å². The Morgan fingerprint density at radius 1 is 1.25 bits per heavy atom. The first kappa shape index (κ1) is 13.7. The van der Waals surface area contributed by atoms with E-state index in [0.717, 1.165) is 5.56 Å². The number of nitrogens with one attached hydrogen (secondary N) is 2. The van der Waals surface area contributed by atoms with E-state index in [0.29, 0.717) is 6.42 Å². The van der Waals surface area contributed by atoms with Crippen LogP contribution in [0.15, 0.2) is 29.4 Å². The lowest BCUT2D eigenvalue weighted by Gasteiger charge is -2.12. The predicted octanol–water partition coefficient (Wildman–Crippen LogP) is 0.267. The first-order valence-electron chi connectivity index (χ1n) is 6.02. The lowest BCUT2D eigenvalue weighted by atomic mass is 10.1. The van der Waals surface area contributed by atoms with E-state index >= 15 is 0 Å². The molecule has 20 heavy (non-hydrogen) atoms. The summed E-state index contributed by atoms with van der Waals surface area (Å²) in [5, 5.41) is 15.1. The molecule has 0 spiro atoms. The van der Waals surface area contributed by atoms with Crippen molar-refractivity contribution in [2.45, 2.75) is 19.4 Å². The molecule has 0 atom stereocenters. The van der Waals surface area contributed by atoms with E-state index in [4.69, 9.17) is 5.11 Å². The summed E-state index contributed by atoms with van der Waals surface area (Å²) in [6.45, 7) is 0.270. The van der Waals surface area contributed by atoms with Crippen LogP contribution < -0.4 is 10.7 Å². The van der Waals surface area contributed by atoms with Gasteiger partial charge in [-0.05, 0) is 17.7 Å². The SMILES string of the molecule is O=C1CCC(C(=O)NCc2ccc(C(=O)O)cc2)=NN1. The van der Waals surface area contributed by atoms with E-state index < -0.39 is 5.97 Å². The number of carbonyl (C=O) groups is 3. The van der Waals surface area contributed by atoms with Crippen LogP contribution in [0.2, 0.25) is 0 Å². The maximum atomic E-state index is 11.8. The molecule has 0 aliphatic carbocycles. The zero-order chi connectivity index (χ0) is 14.5. The molecule has 7 nitrogen and oxygen atoms in total. The van der Waals surface area contributed by atoms with Gasteiger partial charge in [-0.15, -0.1) is 0 Å². The van der Waals surface area contributed by atoms with Gasteiger partial charge in [0.05, 0.1) is 5.56 Å². The Morgan fingerprint density at radius 2 is 1.95 bits per heavy atom. The molecule has 2 amide bonds. The fraction of sp³-hybridized carbons (Fsp3) is 0.231. The second-order valence-corrected chi connectivity index (χ2v) is 4.28. The van der Waals surface area contributed by atoms with E-state index in [9.17, 15) is 14.4 Å². The third-order valence-corrected chi connectivity index (χ3v) is 2.82. The van der Waals surface area contributed by atoms with Crippen LogP contribution in [0.5, 0.6) is 0 Å². The van der Waals surface area contributed by atoms with E-state index in [2.05, 4.69) is 15.8 Å². The normalized spacial score (nSPS) is 14.2. The molecule has 3 N–H and O–H groups in total. The number of hydrazone groups is 1. The largest absolute Gasteiger partial charge is 0.478 e. The third-order valence-electron chi connectivity index (χ3n) is 2.82. The van der Waals surface area contributed by atoms with Crippen LogP contribution in [0.1, 0.15) is 28.8 Å². The lowest BCUT2D eigenvalue weighted by Crippen LogP contribution is -2.36. The summed E-state index contributed by atoms with van der Waals surface area (Å²) in [6, 6.07) is 6.22. The number of benzene rings is 1. The second-order valence-electron chi connectivity index (χ2n) is 4.28. The molecule has 0 fully saturated rings. The minimum Gasteiger partial charge on any atom is -0.478 e. The van der Waals surface area contributed by atoms with Gasteiger partial charge in [0.2, 0.25) is 5.91 Å². The van der Waals surface area contributed by atoms with Gasteiger partial charge < -0.3 is 10.4 Å². The van der Waals surface area contributed by atoms with Crippen LogP contribution in [0.3, 0.4) is 0 Å². The number of carbonyl (C=O) groups excluding carboxylic acids is 2. The van der Waals surface area contributed by atoms with Crippen molar-refractivity contribution in [3.63, 3.8) is 0 Å². The smallest absolute Gasteiger partial charge is 0.335 e. The Hall–Kier alpha value is -2.70. The summed E-state index contributed by atoms with van der Waals surface area (Å²) in [7, 11) is 0. The molecular formula is C13H13N3O4. The highest BCUT2D eigenvalue weighted by Crippen LogP contribution is 2.05. The van der Waals surface area contributed by atoms with Crippen LogP contribution in [0.4, 0.5) is 0 Å². The van der Waals surface area contributed by atoms with Crippen molar-refractivity contribution in [3.8, 4) is 0 Å². The predicted molar refractivity (Wildman–Crippen MR) is 70.1 cm³/mol. The zero-order valence-corrected chi connectivity index (χ0v) is 10.5. The molecular weight excluding hydrogens is 262 g/mol. The Bertz CT molecular complexity index is 578. The summed E-state index contributed by atoms with van der Waals surface area (Å²) in [4.78, 5) is 33.4. The average Bonchev–Trinajstić information content (AvgIpc) is 2.46. The number of amides is 2. The van der Waals surface area contributed by atoms with E-state index in [1.165, 1.54) is 12.1 Å². The molecule has 0 bridgehead atoms. The van der Waals surface area contributed by atoms with Crippen LogP contribution in [0.25, 0.3) is 0 Å². The van der Waals surface area contributed by atoms with Crippen molar-refractivity contribution in [1.82, 2.24) is 10.7 Å². The average molecular weight is 275 g/mol. The summed E-state index contributed by atoms with van der Waals surface area (Å²) in [5.41, 5.74) is 3.51. The summed E-state index contributed by atoms with van der Waals surface area (Å²) in [6.07, 6.45) is 0.565. The Kier molecular flexibility index (Phi) is 4.09. The van der Waals surface area contributed by atoms with Crippen molar-refractivity contribution in [2.75, 3.05) is 0 Å².